The summed E-state index contributed by atoms with van der Waals surface area (Å²) < 4.78 is 10.9. The van der Waals surface area contributed by atoms with Crippen LogP contribution in [0.1, 0.15) is 12.0 Å². The quantitative estimate of drug-likeness (QED) is 0.530. The van der Waals surface area contributed by atoms with Crippen molar-refractivity contribution in [3.05, 3.63) is 48.0 Å². The van der Waals surface area contributed by atoms with Crippen molar-refractivity contribution in [1.29, 1.82) is 0 Å². The highest BCUT2D eigenvalue weighted by atomic mass is 16.6. The third-order valence-corrected chi connectivity index (χ3v) is 5.74. The van der Waals surface area contributed by atoms with Crippen LogP contribution in [-0.2, 0) is 16.0 Å². The van der Waals surface area contributed by atoms with E-state index < -0.39 is 11.8 Å². The maximum atomic E-state index is 12.1. The van der Waals surface area contributed by atoms with Gasteiger partial charge in [-0.15, -0.1) is 0 Å². The highest BCUT2D eigenvalue weighted by Gasteiger charge is 2.17. The molecular weight excluding hydrogens is 408 g/mol. The predicted molar refractivity (Wildman–Crippen MR) is 124 cm³/mol. The molecular formula is C24H30N4O4. The zero-order valence-corrected chi connectivity index (χ0v) is 18.4. The van der Waals surface area contributed by atoms with Gasteiger partial charge >= 0.3 is 11.8 Å². The normalized spacial score (nSPS) is 15.8. The lowest BCUT2D eigenvalue weighted by molar-refractivity contribution is -0.136. The number of nitrogens with one attached hydrogen (secondary N) is 2. The minimum Gasteiger partial charge on any atom is -0.486 e. The van der Waals surface area contributed by atoms with Crippen LogP contribution in [-0.4, -0.2) is 69.7 Å². The van der Waals surface area contributed by atoms with E-state index in [4.69, 9.17) is 9.47 Å². The Balaban J connectivity index is 1.17. The van der Waals surface area contributed by atoms with Crippen LogP contribution < -0.4 is 25.0 Å². The second kappa shape index (κ2) is 10.4. The highest BCUT2D eigenvalue weighted by Crippen LogP contribution is 2.32. The Labute approximate surface area is 188 Å². The van der Waals surface area contributed by atoms with Crippen molar-refractivity contribution in [1.82, 2.24) is 10.2 Å². The van der Waals surface area contributed by atoms with Crippen LogP contribution in [0.2, 0.25) is 0 Å². The maximum Gasteiger partial charge on any atom is 0.313 e. The zero-order valence-electron chi connectivity index (χ0n) is 18.4. The van der Waals surface area contributed by atoms with Gasteiger partial charge in [-0.2, -0.15) is 0 Å². The van der Waals surface area contributed by atoms with E-state index in [0.717, 1.165) is 39.0 Å². The molecule has 8 heteroatoms. The van der Waals surface area contributed by atoms with E-state index in [0.29, 0.717) is 36.9 Å². The Kier molecular flexibility index (Phi) is 7.11. The summed E-state index contributed by atoms with van der Waals surface area (Å²) >= 11 is 0. The largest absolute Gasteiger partial charge is 0.486 e. The van der Waals surface area contributed by atoms with Crippen molar-refractivity contribution in [2.75, 3.05) is 63.2 Å². The predicted octanol–water partition coefficient (Wildman–Crippen LogP) is 1.90. The topological polar surface area (TPSA) is 83.1 Å². The third kappa shape index (κ3) is 5.70. The van der Waals surface area contributed by atoms with Crippen LogP contribution in [0.25, 0.3) is 0 Å². The molecule has 32 heavy (non-hydrogen) atoms. The first-order valence-corrected chi connectivity index (χ1v) is 11.1. The van der Waals surface area contributed by atoms with Crippen molar-refractivity contribution in [3.63, 3.8) is 0 Å². The Bertz CT molecular complexity index is 940. The lowest BCUT2D eigenvalue weighted by Gasteiger charge is -2.34. The number of likely N-dealkylation sites (N-methyl/N-ethyl adjacent to an activating group) is 1. The van der Waals surface area contributed by atoms with Crippen molar-refractivity contribution >= 4 is 23.2 Å². The van der Waals surface area contributed by atoms with Gasteiger partial charge in [-0.05, 0) is 49.7 Å². The standard InChI is InChI=1S/C24H30N4O4/c1-27-11-13-28(14-12-27)20-7-4-18(5-8-20)3-2-10-25-23(29)24(30)26-19-6-9-21-22(17-19)32-16-15-31-21/h4-9,17H,2-3,10-16H2,1H3,(H,25,29)(H,26,30). The van der Waals surface area contributed by atoms with Crippen molar-refractivity contribution in [3.8, 4) is 11.5 Å². The number of amides is 2. The number of ether oxygens (including phenoxy) is 2. The van der Waals surface area contributed by atoms with Gasteiger partial charge in [0, 0.05) is 50.2 Å². The lowest BCUT2D eigenvalue weighted by Crippen LogP contribution is -2.44. The second-order valence-electron chi connectivity index (χ2n) is 8.13. The van der Waals surface area contributed by atoms with Gasteiger partial charge in [0.2, 0.25) is 0 Å². The summed E-state index contributed by atoms with van der Waals surface area (Å²) in [5, 5.41) is 5.28. The smallest absolute Gasteiger partial charge is 0.313 e. The average Bonchev–Trinajstić information content (AvgIpc) is 2.82. The molecule has 0 bridgehead atoms. The van der Waals surface area contributed by atoms with Gasteiger partial charge in [-0.25, -0.2) is 0 Å². The first-order valence-electron chi connectivity index (χ1n) is 11.1. The summed E-state index contributed by atoms with van der Waals surface area (Å²) in [6, 6.07) is 13.7. The molecule has 2 N–H and O–H groups in total. The fraction of sp³-hybridized carbons (Fsp3) is 0.417. The summed E-state index contributed by atoms with van der Waals surface area (Å²) in [6.07, 6.45) is 1.60. The Morgan fingerprint density at radius 1 is 0.906 bits per heavy atom. The van der Waals surface area contributed by atoms with Gasteiger partial charge < -0.3 is 29.9 Å². The molecule has 2 amide bonds. The van der Waals surface area contributed by atoms with Crippen LogP contribution in [0.15, 0.2) is 42.5 Å². The number of carbonyl (C=O) groups is 2. The van der Waals surface area contributed by atoms with E-state index >= 15 is 0 Å². The Morgan fingerprint density at radius 2 is 1.62 bits per heavy atom. The number of hydrogen-bond acceptors (Lipinski definition) is 6. The number of nitrogens with zero attached hydrogens (tertiary/aromatic N) is 2. The molecule has 2 aliphatic rings. The molecule has 8 nitrogen and oxygen atoms in total. The molecule has 0 saturated carbocycles. The Hall–Kier alpha value is -3.26. The molecule has 2 aromatic carbocycles. The summed E-state index contributed by atoms with van der Waals surface area (Å²) in [5.74, 6) is -0.146. The molecule has 4 rings (SSSR count). The van der Waals surface area contributed by atoms with Gasteiger partial charge in [0.1, 0.15) is 13.2 Å². The lowest BCUT2D eigenvalue weighted by atomic mass is 10.1. The van der Waals surface area contributed by atoms with Crippen molar-refractivity contribution < 1.29 is 19.1 Å². The fourth-order valence-corrected chi connectivity index (χ4v) is 3.82. The van der Waals surface area contributed by atoms with Crippen LogP contribution >= 0.6 is 0 Å². The van der Waals surface area contributed by atoms with E-state index in [2.05, 4.69) is 51.7 Å². The van der Waals surface area contributed by atoms with Crippen molar-refractivity contribution in [2.24, 2.45) is 0 Å². The summed E-state index contributed by atoms with van der Waals surface area (Å²) in [6.45, 7) is 5.68. The molecule has 170 valence electrons. The number of carbonyl (C=O) groups excluding carboxylic acids is 2. The van der Waals surface area contributed by atoms with Gasteiger partial charge in [0.15, 0.2) is 11.5 Å². The average molecular weight is 439 g/mol. The minimum absolute atomic E-state index is 0.438. The first-order chi connectivity index (χ1) is 15.6. The van der Waals surface area contributed by atoms with E-state index in [1.807, 2.05) is 0 Å². The molecule has 1 fully saturated rings. The highest BCUT2D eigenvalue weighted by molar-refractivity contribution is 6.39. The summed E-state index contributed by atoms with van der Waals surface area (Å²) in [4.78, 5) is 29.0. The molecule has 1 saturated heterocycles. The van der Waals surface area contributed by atoms with E-state index in [9.17, 15) is 9.59 Å². The van der Waals surface area contributed by atoms with Crippen LogP contribution in [0, 0.1) is 0 Å². The third-order valence-electron chi connectivity index (χ3n) is 5.74. The number of anilines is 2. The fourth-order valence-electron chi connectivity index (χ4n) is 3.82. The van der Waals surface area contributed by atoms with E-state index in [-0.39, 0.29) is 0 Å². The molecule has 0 radical (unpaired) electrons. The maximum absolute atomic E-state index is 12.1. The van der Waals surface area contributed by atoms with E-state index in [1.165, 1.54) is 11.3 Å². The molecule has 2 aliphatic heterocycles. The molecule has 0 aliphatic carbocycles. The van der Waals surface area contributed by atoms with Crippen LogP contribution in [0.4, 0.5) is 11.4 Å². The number of piperazine rings is 1. The van der Waals surface area contributed by atoms with E-state index in [1.54, 1.807) is 18.2 Å². The monoisotopic (exact) mass is 438 g/mol. The first kappa shape index (κ1) is 22.0. The summed E-state index contributed by atoms with van der Waals surface area (Å²) in [5.41, 5.74) is 2.97. The Morgan fingerprint density at radius 3 is 2.38 bits per heavy atom. The molecule has 0 spiro atoms. The minimum atomic E-state index is -0.696. The van der Waals surface area contributed by atoms with Gasteiger partial charge in [0.25, 0.3) is 0 Å². The number of aryl methyl sites for hydroxylation is 1. The van der Waals surface area contributed by atoms with Crippen LogP contribution in [0.3, 0.4) is 0 Å². The van der Waals surface area contributed by atoms with Crippen LogP contribution in [0.5, 0.6) is 11.5 Å². The number of rotatable bonds is 6. The molecule has 0 unspecified atom stereocenters. The van der Waals surface area contributed by atoms with Gasteiger partial charge in [-0.3, -0.25) is 9.59 Å². The SMILES string of the molecule is CN1CCN(c2ccc(CCCNC(=O)C(=O)Nc3ccc4c(c3)OCCO4)cc2)CC1. The molecule has 2 aromatic rings. The second-order valence-corrected chi connectivity index (χ2v) is 8.13. The number of benzene rings is 2. The van der Waals surface area contributed by atoms with Crippen molar-refractivity contribution in [2.45, 2.75) is 12.8 Å². The van der Waals surface area contributed by atoms with Gasteiger partial charge in [-0.1, -0.05) is 12.1 Å². The molecule has 2 heterocycles. The molecule has 0 aromatic heterocycles. The molecule has 0 atom stereocenters. The van der Waals surface area contributed by atoms with Gasteiger partial charge in [0.05, 0.1) is 0 Å². The number of hydrogen-bond donors (Lipinski definition) is 2. The summed E-state index contributed by atoms with van der Waals surface area (Å²) in [7, 11) is 2.15. The zero-order chi connectivity index (χ0) is 22.3. The number of fused-ring (bicyclic) bond motifs is 1.